The van der Waals surface area contributed by atoms with Gasteiger partial charge in [-0.15, -0.1) is 0 Å². The van der Waals surface area contributed by atoms with Crippen LogP contribution >= 0.6 is 0 Å². The molecule has 0 aromatic heterocycles. The third-order valence-corrected chi connectivity index (χ3v) is 6.28. The zero-order valence-electron chi connectivity index (χ0n) is 18.8. The Morgan fingerprint density at radius 2 is 1.29 bits per heavy atom. The molecule has 196 valence electrons. The van der Waals surface area contributed by atoms with Gasteiger partial charge in [-0.05, 0) is 6.42 Å². The number of carbonyl (C=O) groups is 1. The van der Waals surface area contributed by atoms with Crippen LogP contribution in [0.1, 0.15) is 67.8 Å². The third kappa shape index (κ3) is 7.83. The second-order valence-electron chi connectivity index (χ2n) is 7.70. The predicted octanol–water partition coefficient (Wildman–Crippen LogP) is 3.46. The molecule has 1 aromatic carbocycles. The number of hydrogen-bond acceptors (Lipinski definition) is 4. The number of hydrogen-bond donors (Lipinski definition) is 0. The molecule has 0 fully saturated rings. The molecule has 0 aliphatic carbocycles. The molecule has 15 heteroatoms. The van der Waals surface area contributed by atoms with Gasteiger partial charge in [0.15, 0.2) is 5.78 Å². The van der Waals surface area contributed by atoms with Gasteiger partial charge in [0.05, 0.1) is 0 Å². The summed E-state index contributed by atoms with van der Waals surface area (Å²) in [5.41, 5.74) is -2.67. The van der Waals surface area contributed by atoms with Gasteiger partial charge in [0, 0.05) is 11.1 Å². The Morgan fingerprint density at radius 3 is 1.71 bits per heavy atom. The van der Waals surface area contributed by atoms with E-state index in [0.29, 0.717) is 25.0 Å². The van der Waals surface area contributed by atoms with Crippen molar-refractivity contribution in [2.24, 2.45) is 0 Å². The number of unbranched alkanes of at least 4 members (excludes halogenated alkanes) is 5. The molecule has 0 aliphatic rings. The molecule has 4 nitrogen and oxygen atoms in total. The minimum Gasteiger partial charge on any atom is -0.747 e. The first-order valence-electron chi connectivity index (χ1n) is 10.1. The van der Waals surface area contributed by atoms with Crippen LogP contribution in [0.4, 0.5) is 39.5 Å². The maximum absolute atomic E-state index is 14.0. The van der Waals surface area contributed by atoms with Gasteiger partial charge in [0.2, 0.25) is 0 Å². The van der Waals surface area contributed by atoms with Crippen LogP contribution in [0.15, 0.2) is 24.3 Å². The number of carbonyl (C=O) groups excluding carboxylic acids is 1. The van der Waals surface area contributed by atoms with Crippen LogP contribution in [0.5, 0.6) is 0 Å². The monoisotopic (exact) mass is 552 g/mol. The second-order valence-corrected chi connectivity index (χ2v) is 9.26. The van der Waals surface area contributed by atoms with Crippen molar-refractivity contribution in [3.8, 4) is 0 Å². The SMILES string of the molecule is CCCCCCCCC(C(=O)c1ccc(C(F)(F)C(F)(F)C(F)(F)C(F)(F)F)cc1)S(=O)(=O)[O-].[Na+]. The van der Waals surface area contributed by atoms with Crippen LogP contribution in [0.3, 0.4) is 0 Å². The van der Waals surface area contributed by atoms with Gasteiger partial charge in [0.25, 0.3) is 0 Å². The molecule has 0 saturated carbocycles. The normalized spacial score (nSPS) is 14.4. The van der Waals surface area contributed by atoms with Gasteiger partial charge < -0.3 is 4.55 Å². The Kier molecular flexibility index (Phi) is 12.3. The summed E-state index contributed by atoms with van der Waals surface area (Å²) >= 11 is 0. The Bertz CT molecular complexity index is 933. The Labute approximate surface area is 218 Å². The topological polar surface area (TPSA) is 74.3 Å². The van der Waals surface area contributed by atoms with E-state index in [4.69, 9.17) is 0 Å². The number of alkyl halides is 9. The second kappa shape index (κ2) is 12.6. The smallest absolute Gasteiger partial charge is 0.747 e. The first-order chi connectivity index (χ1) is 15.3. The van der Waals surface area contributed by atoms with Crippen LogP contribution in [0.25, 0.3) is 0 Å². The average Bonchev–Trinajstić information content (AvgIpc) is 2.70. The van der Waals surface area contributed by atoms with Crippen molar-refractivity contribution >= 4 is 15.9 Å². The molecular weight excluding hydrogens is 530 g/mol. The zero-order valence-corrected chi connectivity index (χ0v) is 21.6. The van der Waals surface area contributed by atoms with E-state index in [9.17, 15) is 57.3 Å². The van der Waals surface area contributed by atoms with E-state index in [1.165, 1.54) is 0 Å². The molecule has 0 radical (unpaired) electrons. The van der Waals surface area contributed by atoms with E-state index in [1.807, 2.05) is 6.92 Å². The molecule has 1 atom stereocenters. The van der Waals surface area contributed by atoms with Crippen molar-refractivity contribution in [3.63, 3.8) is 0 Å². The summed E-state index contributed by atoms with van der Waals surface area (Å²) in [4.78, 5) is 12.4. The van der Waals surface area contributed by atoms with Crippen LogP contribution in [0, 0.1) is 0 Å². The van der Waals surface area contributed by atoms with E-state index in [1.54, 1.807) is 0 Å². The van der Waals surface area contributed by atoms with E-state index in [-0.39, 0.29) is 48.1 Å². The molecule has 0 aliphatic heterocycles. The van der Waals surface area contributed by atoms with Crippen LogP contribution < -0.4 is 29.6 Å². The molecule has 0 saturated heterocycles. The Balaban J connectivity index is 0.0000116. The molecule has 0 heterocycles. The van der Waals surface area contributed by atoms with E-state index >= 15 is 0 Å². The van der Waals surface area contributed by atoms with Crippen molar-refractivity contribution in [1.29, 1.82) is 0 Å². The minimum absolute atomic E-state index is 0. The summed E-state index contributed by atoms with van der Waals surface area (Å²) in [6, 6.07) is 0.694. The van der Waals surface area contributed by atoms with Gasteiger partial charge in [0.1, 0.15) is 15.4 Å². The summed E-state index contributed by atoms with van der Waals surface area (Å²) in [5.74, 6) is -21.3. The Hall–Kier alpha value is -0.830. The summed E-state index contributed by atoms with van der Waals surface area (Å²) in [6.07, 6.45) is -3.32. The standard InChI is InChI=1S/C20H23F9O4S.Na/c1-2-3-4-5-6-7-8-15(34(31,32)33)16(30)13-9-11-14(12-10-13)17(21,22)18(23,24)19(25,26)20(27,28)29;/h9-12,15H,2-8H2,1H3,(H,31,32,33);/q;+1/p-1. The molecule has 1 rings (SSSR count). The van der Waals surface area contributed by atoms with Crippen LogP contribution in [-0.4, -0.2) is 42.0 Å². The fraction of sp³-hybridized carbons (Fsp3) is 0.650. The van der Waals surface area contributed by atoms with Crippen molar-refractivity contribution in [2.75, 3.05) is 0 Å². The summed E-state index contributed by atoms with van der Waals surface area (Å²) in [5, 5.41) is -2.11. The summed E-state index contributed by atoms with van der Waals surface area (Å²) in [7, 11) is -5.20. The first-order valence-corrected chi connectivity index (χ1v) is 11.6. The van der Waals surface area contributed by atoms with Gasteiger partial charge >= 0.3 is 53.5 Å². The molecule has 35 heavy (non-hydrogen) atoms. The van der Waals surface area contributed by atoms with Gasteiger partial charge in [-0.25, -0.2) is 8.42 Å². The molecule has 0 spiro atoms. The third-order valence-electron chi connectivity index (χ3n) is 5.14. The summed E-state index contributed by atoms with van der Waals surface area (Å²) in [6.45, 7) is 1.96. The van der Waals surface area contributed by atoms with Gasteiger partial charge in [-0.1, -0.05) is 69.7 Å². The molecule has 1 aromatic rings. The summed E-state index contributed by atoms with van der Waals surface area (Å²) < 4.78 is 152. The molecule has 0 N–H and O–H groups in total. The zero-order chi connectivity index (χ0) is 26.6. The van der Waals surface area contributed by atoms with E-state index in [0.717, 1.165) is 19.3 Å². The largest absolute Gasteiger partial charge is 1.00 e. The maximum atomic E-state index is 14.0. The fourth-order valence-corrected chi connectivity index (χ4v) is 3.96. The van der Waals surface area contributed by atoms with E-state index < -0.39 is 62.6 Å². The van der Waals surface area contributed by atoms with Crippen molar-refractivity contribution in [2.45, 2.75) is 81.1 Å². The average molecular weight is 552 g/mol. The van der Waals surface area contributed by atoms with Gasteiger partial charge in [-0.2, -0.15) is 39.5 Å². The number of Topliss-reactive ketones (excluding diaryl/α,β-unsaturated/α-hetero) is 1. The number of ketones is 1. The van der Waals surface area contributed by atoms with Gasteiger partial charge in [-0.3, -0.25) is 4.79 Å². The molecule has 1 unspecified atom stereocenters. The predicted molar refractivity (Wildman–Crippen MR) is 102 cm³/mol. The van der Waals surface area contributed by atoms with E-state index in [2.05, 4.69) is 0 Å². The molecule has 0 bridgehead atoms. The fourth-order valence-electron chi connectivity index (χ4n) is 3.10. The molecular formula is C20H22F9NaO4S. The van der Waals surface area contributed by atoms with Crippen LogP contribution in [-0.2, 0) is 16.0 Å². The number of rotatable bonds is 13. The number of benzene rings is 1. The van der Waals surface area contributed by atoms with Crippen molar-refractivity contribution < 1.29 is 86.8 Å². The molecule has 0 amide bonds. The van der Waals surface area contributed by atoms with Crippen molar-refractivity contribution in [1.82, 2.24) is 0 Å². The number of halogens is 9. The van der Waals surface area contributed by atoms with Crippen molar-refractivity contribution in [3.05, 3.63) is 35.4 Å². The minimum atomic E-state index is -7.09. The maximum Gasteiger partial charge on any atom is 1.00 e. The quantitative estimate of drug-likeness (QED) is 0.124. The van der Waals surface area contributed by atoms with Crippen LogP contribution in [0.2, 0.25) is 0 Å². The first kappa shape index (κ1) is 34.2. The Morgan fingerprint density at radius 1 is 0.829 bits per heavy atom.